The number of ether oxygens (including phenoxy) is 1. The normalized spacial score (nSPS) is 10.5. The molecule has 0 aliphatic heterocycles. The number of nitrogens with two attached hydrogens (primary N) is 1. The molecule has 0 radical (unpaired) electrons. The van der Waals surface area contributed by atoms with Gasteiger partial charge in [-0.2, -0.15) is 0 Å². The minimum Gasteiger partial charge on any atom is -0.491 e. The Morgan fingerprint density at radius 1 is 1.37 bits per heavy atom. The molecule has 1 aromatic rings. The van der Waals surface area contributed by atoms with Gasteiger partial charge in [-0.25, -0.2) is 0 Å². The van der Waals surface area contributed by atoms with Gasteiger partial charge in [-0.1, -0.05) is 19.1 Å². The first-order chi connectivity index (χ1) is 9.06. The number of carbonyl (C=O) groups excluding carboxylic acids is 1. The van der Waals surface area contributed by atoms with Crippen molar-refractivity contribution in [3.8, 4) is 5.75 Å². The Balaban J connectivity index is 2.44. The standard InChI is InChI=1S/C15H24N2O2/c1-4-10-17(12(2)3)15(18)9-11-19-14-8-6-5-7-13(14)16/h5-8,12H,4,9-11,16H2,1-3H3. The summed E-state index contributed by atoms with van der Waals surface area (Å²) in [5, 5.41) is 0. The maximum Gasteiger partial charge on any atom is 0.226 e. The first-order valence-corrected chi connectivity index (χ1v) is 6.83. The van der Waals surface area contributed by atoms with E-state index < -0.39 is 0 Å². The highest BCUT2D eigenvalue weighted by Crippen LogP contribution is 2.19. The van der Waals surface area contributed by atoms with E-state index in [1.807, 2.05) is 36.9 Å². The van der Waals surface area contributed by atoms with E-state index in [2.05, 4.69) is 6.92 Å². The van der Waals surface area contributed by atoms with Crippen molar-refractivity contribution in [2.24, 2.45) is 0 Å². The Bertz CT molecular complexity index is 405. The molecule has 0 saturated carbocycles. The lowest BCUT2D eigenvalue weighted by atomic mass is 10.2. The second-order valence-corrected chi connectivity index (χ2v) is 4.82. The van der Waals surface area contributed by atoms with Gasteiger partial charge in [0, 0.05) is 12.6 Å². The third-order valence-corrected chi connectivity index (χ3v) is 2.90. The number of para-hydroxylation sites is 2. The highest BCUT2D eigenvalue weighted by Gasteiger charge is 2.15. The van der Waals surface area contributed by atoms with E-state index in [1.54, 1.807) is 6.07 Å². The number of rotatable bonds is 7. The number of anilines is 1. The van der Waals surface area contributed by atoms with E-state index in [-0.39, 0.29) is 11.9 Å². The third kappa shape index (κ3) is 4.81. The fourth-order valence-electron chi connectivity index (χ4n) is 1.92. The second kappa shape index (κ2) is 7.67. The van der Waals surface area contributed by atoms with Crippen LogP contribution in [0.2, 0.25) is 0 Å². The average molecular weight is 264 g/mol. The molecular weight excluding hydrogens is 240 g/mol. The van der Waals surface area contributed by atoms with E-state index >= 15 is 0 Å². The molecule has 1 aromatic carbocycles. The van der Waals surface area contributed by atoms with Crippen molar-refractivity contribution in [1.29, 1.82) is 0 Å². The lowest BCUT2D eigenvalue weighted by Crippen LogP contribution is -2.38. The van der Waals surface area contributed by atoms with Crippen LogP contribution in [0.4, 0.5) is 5.69 Å². The quantitative estimate of drug-likeness (QED) is 0.770. The maximum atomic E-state index is 12.1. The van der Waals surface area contributed by atoms with Crippen LogP contribution in [-0.2, 0) is 4.79 Å². The predicted molar refractivity (Wildman–Crippen MR) is 78.1 cm³/mol. The van der Waals surface area contributed by atoms with E-state index in [0.717, 1.165) is 13.0 Å². The Hall–Kier alpha value is -1.71. The molecule has 2 N–H and O–H groups in total. The van der Waals surface area contributed by atoms with Crippen LogP contribution in [0.5, 0.6) is 5.75 Å². The van der Waals surface area contributed by atoms with Crippen LogP contribution in [0.1, 0.15) is 33.6 Å². The molecule has 19 heavy (non-hydrogen) atoms. The molecule has 0 fully saturated rings. The molecule has 0 aliphatic rings. The molecule has 4 nitrogen and oxygen atoms in total. The van der Waals surface area contributed by atoms with Crippen LogP contribution in [-0.4, -0.2) is 30.0 Å². The number of carbonyl (C=O) groups is 1. The summed E-state index contributed by atoms with van der Waals surface area (Å²) in [5.74, 6) is 0.772. The number of nitrogens with zero attached hydrogens (tertiary/aromatic N) is 1. The average Bonchev–Trinajstić information content (AvgIpc) is 2.37. The van der Waals surface area contributed by atoms with Crippen molar-refractivity contribution < 1.29 is 9.53 Å². The van der Waals surface area contributed by atoms with Crippen molar-refractivity contribution in [1.82, 2.24) is 4.90 Å². The van der Waals surface area contributed by atoms with Crippen molar-refractivity contribution in [3.63, 3.8) is 0 Å². The lowest BCUT2D eigenvalue weighted by Gasteiger charge is -2.26. The molecule has 1 amide bonds. The van der Waals surface area contributed by atoms with Crippen LogP contribution in [0, 0.1) is 0 Å². The fourth-order valence-corrected chi connectivity index (χ4v) is 1.92. The predicted octanol–water partition coefficient (Wildman–Crippen LogP) is 2.68. The number of amides is 1. The SMILES string of the molecule is CCCN(C(=O)CCOc1ccccc1N)C(C)C. The molecule has 0 saturated heterocycles. The molecule has 0 unspecified atom stereocenters. The van der Waals surface area contributed by atoms with Gasteiger partial charge in [0.2, 0.25) is 5.91 Å². The first kappa shape index (κ1) is 15.3. The van der Waals surface area contributed by atoms with Gasteiger partial charge < -0.3 is 15.4 Å². The minimum absolute atomic E-state index is 0.131. The smallest absolute Gasteiger partial charge is 0.226 e. The number of hydrogen-bond acceptors (Lipinski definition) is 3. The van der Waals surface area contributed by atoms with Crippen LogP contribution in [0.3, 0.4) is 0 Å². The summed E-state index contributed by atoms with van der Waals surface area (Å²) in [4.78, 5) is 14.0. The van der Waals surface area contributed by atoms with Crippen LogP contribution in [0.15, 0.2) is 24.3 Å². The van der Waals surface area contributed by atoms with Crippen molar-refractivity contribution in [3.05, 3.63) is 24.3 Å². The zero-order valence-corrected chi connectivity index (χ0v) is 12.1. The monoisotopic (exact) mass is 264 g/mol. The Kier molecular flexibility index (Phi) is 6.19. The van der Waals surface area contributed by atoms with Gasteiger partial charge in [-0.3, -0.25) is 4.79 Å². The highest BCUT2D eigenvalue weighted by molar-refractivity contribution is 5.76. The van der Waals surface area contributed by atoms with Gasteiger partial charge in [0.05, 0.1) is 18.7 Å². The van der Waals surface area contributed by atoms with E-state index in [0.29, 0.717) is 24.5 Å². The molecule has 0 aromatic heterocycles. The molecule has 106 valence electrons. The zero-order valence-electron chi connectivity index (χ0n) is 12.1. The molecule has 0 aliphatic carbocycles. The lowest BCUT2D eigenvalue weighted by molar-refractivity contribution is -0.133. The number of hydrogen-bond donors (Lipinski definition) is 1. The van der Waals surface area contributed by atoms with Gasteiger partial charge in [0.1, 0.15) is 5.75 Å². The number of benzene rings is 1. The van der Waals surface area contributed by atoms with E-state index in [9.17, 15) is 4.79 Å². The molecule has 0 atom stereocenters. The molecule has 1 rings (SSSR count). The first-order valence-electron chi connectivity index (χ1n) is 6.83. The van der Waals surface area contributed by atoms with Crippen LogP contribution in [0.25, 0.3) is 0 Å². The van der Waals surface area contributed by atoms with Crippen molar-refractivity contribution >= 4 is 11.6 Å². The van der Waals surface area contributed by atoms with E-state index in [4.69, 9.17) is 10.5 Å². The topological polar surface area (TPSA) is 55.6 Å². The van der Waals surface area contributed by atoms with Gasteiger partial charge in [-0.15, -0.1) is 0 Å². The Morgan fingerprint density at radius 2 is 2.05 bits per heavy atom. The van der Waals surface area contributed by atoms with Gasteiger partial charge in [-0.05, 0) is 32.4 Å². The summed E-state index contributed by atoms with van der Waals surface area (Å²) in [7, 11) is 0. The Morgan fingerprint density at radius 3 is 2.63 bits per heavy atom. The van der Waals surface area contributed by atoms with Crippen molar-refractivity contribution in [2.75, 3.05) is 18.9 Å². The van der Waals surface area contributed by atoms with Crippen LogP contribution < -0.4 is 10.5 Å². The highest BCUT2D eigenvalue weighted by atomic mass is 16.5. The van der Waals surface area contributed by atoms with Gasteiger partial charge in [0.25, 0.3) is 0 Å². The summed E-state index contributed by atoms with van der Waals surface area (Å²) >= 11 is 0. The van der Waals surface area contributed by atoms with Crippen molar-refractivity contribution in [2.45, 2.75) is 39.7 Å². The summed E-state index contributed by atoms with van der Waals surface area (Å²) in [6.07, 6.45) is 1.35. The fraction of sp³-hybridized carbons (Fsp3) is 0.533. The number of nitrogen functional groups attached to an aromatic ring is 1. The molecule has 0 spiro atoms. The van der Waals surface area contributed by atoms with Gasteiger partial charge in [0.15, 0.2) is 0 Å². The van der Waals surface area contributed by atoms with Gasteiger partial charge >= 0.3 is 0 Å². The summed E-state index contributed by atoms with van der Waals surface area (Å²) in [6.45, 7) is 7.29. The Labute approximate surface area is 115 Å². The second-order valence-electron chi connectivity index (χ2n) is 4.82. The molecular formula is C15H24N2O2. The summed E-state index contributed by atoms with van der Waals surface area (Å²) in [6, 6.07) is 7.55. The molecule has 0 heterocycles. The largest absolute Gasteiger partial charge is 0.491 e. The van der Waals surface area contributed by atoms with E-state index in [1.165, 1.54) is 0 Å². The zero-order chi connectivity index (χ0) is 14.3. The maximum absolute atomic E-state index is 12.1. The summed E-state index contributed by atoms with van der Waals surface area (Å²) in [5.41, 5.74) is 6.37. The third-order valence-electron chi connectivity index (χ3n) is 2.90. The molecule has 4 heteroatoms. The minimum atomic E-state index is 0.131. The summed E-state index contributed by atoms with van der Waals surface area (Å²) < 4.78 is 5.54. The molecule has 0 bridgehead atoms. The van der Waals surface area contributed by atoms with Crippen LogP contribution >= 0.6 is 0 Å².